The van der Waals surface area contributed by atoms with Gasteiger partial charge in [0.1, 0.15) is 15.8 Å². The summed E-state index contributed by atoms with van der Waals surface area (Å²) in [4.78, 5) is 15.9. The summed E-state index contributed by atoms with van der Waals surface area (Å²) in [6, 6.07) is 15.7. The van der Waals surface area contributed by atoms with Crippen molar-refractivity contribution in [2.24, 2.45) is 5.92 Å². The first-order valence-corrected chi connectivity index (χ1v) is 15.4. The Labute approximate surface area is 246 Å². The third-order valence-corrected chi connectivity index (χ3v) is 8.54. The van der Waals surface area contributed by atoms with Gasteiger partial charge in [0.15, 0.2) is 0 Å². The maximum atomic E-state index is 13.5. The topological polar surface area (TPSA) is 47.4 Å². The zero-order chi connectivity index (χ0) is 27.8. The maximum Gasteiger partial charge on any atom is 0.266 e. The van der Waals surface area contributed by atoms with Gasteiger partial charge in [-0.2, -0.15) is 5.10 Å². The number of hydrogen-bond acceptors (Lipinski definition) is 5. The SMILES string of the molecule is CCCCOc1ccc(-c2nn(-c3ccccc3)cc2C=C2SC(=S)N(CC(CC)CCCC)C2=O)cc1Cl. The Hall–Kier alpha value is -2.61. The van der Waals surface area contributed by atoms with Crippen LogP contribution in [0.25, 0.3) is 23.0 Å². The van der Waals surface area contributed by atoms with Gasteiger partial charge < -0.3 is 4.74 Å². The van der Waals surface area contributed by atoms with Crippen molar-refractivity contribution >= 4 is 51.9 Å². The molecule has 1 aliphatic heterocycles. The molecule has 8 heteroatoms. The number of thiocarbonyl (C=S) groups is 1. The van der Waals surface area contributed by atoms with E-state index < -0.39 is 0 Å². The van der Waals surface area contributed by atoms with Gasteiger partial charge in [-0.25, -0.2) is 4.68 Å². The number of rotatable bonds is 13. The molecule has 206 valence electrons. The lowest BCUT2D eigenvalue weighted by Gasteiger charge is -2.21. The number of thioether (sulfide) groups is 1. The molecule has 4 rings (SSSR count). The van der Waals surface area contributed by atoms with Gasteiger partial charge in [-0.15, -0.1) is 0 Å². The highest BCUT2D eigenvalue weighted by molar-refractivity contribution is 8.26. The predicted molar refractivity (Wildman–Crippen MR) is 168 cm³/mol. The smallest absolute Gasteiger partial charge is 0.266 e. The molecule has 0 radical (unpaired) electrons. The molecule has 1 aromatic heterocycles. The number of unbranched alkanes of at least 4 members (excludes halogenated alkanes) is 2. The summed E-state index contributed by atoms with van der Waals surface area (Å²) >= 11 is 13.6. The standard InChI is InChI=1S/C31H36ClN3O2S2/c1-4-7-12-22(6-3)20-34-30(36)28(39-31(34)38)19-24-21-35(25-13-10-9-11-14-25)33-29(24)23-15-16-27(26(32)18-23)37-17-8-5-2/h9-11,13-16,18-19,21-22H,4-8,12,17,20H2,1-3H3. The van der Waals surface area contributed by atoms with Gasteiger partial charge in [0.25, 0.3) is 5.91 Å². The van der Waals surface area contributed by atoms with Crippen LogP contribution in [0, 0.1) is 5.92 Å². The number of halogens is 1. The Kier molecular flexibility index (Phi) is 10.7. The van der Waals surface area contributed by atoms with E-state index in [1.54, 1.807) is 4.90 Å². The second-order valence-corrected chi connectivity index (χ2v) is 11.9. The Balaban J connectivity index is 1.67. The summed E-state index contributed by atoms with van der Waals surface area (Å²) < 4.78 is 8.30. The van der Waals surface area contributed by atoms with Crippen molar-refractivity contribution < 1.29 is 9.53 Å². The highest BCUT2D eigenvalue weighted by Gasteiger charge is 2.33. The van der Waals surface area contributed by atoms with Crippen molar-refractivity contribution in [2.75, 3.05) is 13.2 Å². The molecular weight excluding hydrogens is 546 g/mol. The van der Waals surface area contributed by atoms with E-state index >= 15 is 0 Å². The van der Waals surface area contributed by atoms with Crippen LogP contribution in [-0.4, -0.2) is 38.1 Å². The van der Waals surface area contributed by atoms with E-state index in [1.165, 1.54) is 11.8 Å². The number of hydrogen-bond donors (Lipinski definition) is 0. The molecule has 3 aromatic rings. The second-order valence-electron chi connectivity index (χ2n) is 9.77. The number of aromatic nitrogens is 2. The highest BCUT2D eigenvalue weighted by atomic mass is 35.5. The van der Waals surface area contributed by atoms with Crippen LogP contribution in [0.15, 0.2) is 59.6 Å². The fourth-order valence-corrected chi connectivity index (χ4v) is 6.00. The van der Waals surface area contributed by atoms with E-state index in [4.69, 9.17) is 33.7 Å². The molecule has 1 aliphatic rings. The van der Waals surface area contributed by atoms with Crippen molar-refractivity contribution in [1.29, 1.82) is 0 Å². The van der Waals surface area contributed by atoms with E-state index in [9.17, 15) is 4.79 Å². The molecule has 1 atom stereocenters. The molecule has 1 saturated heterocycles. The van der Waals surface area contributed by atoms with Crippen LogP contribution in [0.2, 0.25) is 5.02 Å². The van der Waals surface area contributed by atoms with Crippen molar-refractivity contribution in [1.82, 2.24) is 14.7 Å². The summed E-state index contributed by atoms with van der Waals surface area (Å²) in [5, 5.41) is 5.44. The minimum absolute atomic E-state index is 0.0314. The number of carbonyl (C=O) groups excluding carboxylic acids is 1. The molecule has 1 unspecified atom stereocenters. The first kappa shape index (κ1) is 29.4. The fourth-order valence-electron chi connectivity index (χ4n) is 4.50. The van der Waals surface area contributed by atoms with Crippen LogP contribution >= 0.6 is 35.6 Å². The maximum absolute atomic E-state index is 13.5. The van der Waals surface area contributed by atoms with Gasteiger partial charge in [-0.1, -0.05) is 100 Å². The average molecular weight is 582 g/mol. The number of benzene rings is 2. The van der Waals surface area contributed by atoms with E-state index in [-0.39, 0.29) is 5.91 Å². The van der Waals surface area contributed by atoms with Gasteiger partial charge in [0.05, 0.1) is 22.2 Å². The molecule has 0 N–H and O–H groups in total. The summed E-state index contributed by atoms with van der Waals surface area (Å²) in [5.41, 5.74) is 3.34. The first-order valence-electron chi connectivity index (χ1n) is 13.8. The van der Waals surface area contributed by atoms with Gasteiger partial charge in [-0.05, 0) is 55.2 Å². The Morgan fingerprint density at radius 1 is 1.10 bits per heavy atom. The fraction of sp³-hybridized carbons (Fsp3) is 0.387. The van der Waals surface area contributed by atoms with Crippen LogP contribution in [0.5, 0.6) is 5.75 Å². The Morgan fingerprint density at radius 2 is 1.87 bits per heavy atom. The molecule has 1 fully saturated rings. The lowest BCUT2D eigenvalue weighted by atomic mass is 9.99. The highest BCUT2D eigenvalue weighted by Crippen LogP contribution is 2.37. The lowest BCUT2D eigenvalue weighted by molar-refractivity contribution is -0.122. The number of amides is 1. The van der Waals surface area contributed by atoms with Crippen LogP contribution in [0.1, 0.15) is 64.9 Å². The zero-order valence-electron chi connectivity index (χ0n) is 22.9. The van der Waals surface area contributed by atoms with Crippen molar-refractivity contribution in [2.45, 2.75) is 59.3 Å². The van der Waals surface area contributed by atoms with E-state index in [1.807, 2.05) is 65.5 Å². The van der Waals surface area contributed by atoms with Gasteiger partial charge in [0, 0.05) is 23.9 Å². The molecule has 0 aliphatic carbocycles. The third kappa shape index (κ3) is 7.33. The van der Waals surface area contributed by atoms with E-state index in [0.29, 0.717) is 39.1 Å². The molecule has 2 heterocycles. The Bertz CT molecular complexity index is 1320. The third-order valence-electron chi connectivity index (χ3n) is 6.87. The van der Waals surface area contributed by atoms with E-state index in [2.05, 4.69) is 20.8 Å². The molecule has 2 aromatic carbocycles. The van der Waals surface area contributed by atoms with Crippen LogP contribution in [-0.2, 0) is 4.79 Å². The molecule has 1 amide bonds. The average Bonchev–Trinajstić information content (AvgIpc) is 3.48. The normalized spacial score (nSPS) is 15.4. The minimum Gasteiger partial charge on any atom is -0.492 e. The number of carbonyl (C=O) groups is 1. The van der Waals surface area contributed by atoms with Gasteiger partial charge in [-0.3, -0.25) is 9.69 Å². The largest absolute Gasteiger partial charge is 0.492 e. The summed E-state index contributed by atoms with van der Waals surface area (Å²) in [6.45, 7) is 7.80. The molecular formula is C31H36ClN3O2S2. The molecule has 0 bridgehead atoms. The summed E-state index contributed by atoms with van der Waals surface area (Å²) in [5.74, 6) is 1.08. The van der Waals surface area contributed by atoms with Crippen molar-refractivity contribution in [3.8, 4) is 22.7 Å². The Morgan fingerprint density at radius 3 is 2.56 bits per heavy atom. The number of ether oxygens (including phenoxy) is 1. The minimum atomic E-state index is -0.0314. The molecule has 5 nitrogen and oxygen atoms in total. The predicted octanol–water partition coefficient (Wildman–Crippen LogP) is 8.79. The van der Waals surface area contributed by atoms with Crippen LogP contribution in [0.4, 0.5) is 0 Å². The second kappa shape index (κ2) is 14.1. The van der Waals surface area contributed by atoms with E-state index in [0.717, 1.165) is 61.0 Å². The van der Waals surface area contributed by atoms with Crippen LogP contribution < -0.4 is 4.74 Å². The number of nitrogens with zero attached hydrogens (tertiary/aromatic N) is 3. The quantitative estimate of drug-likeness (QED) is 0.115. The molecule has 0 spiro atoms. The van der Waals surface area contributed by atoms with Crippen LogP contribution in [0.3, 0.4) is 0 Å². The van der Waals surface area contributed by atoms with Gasteiger partial charge >= 0.3 is 0 Å². The van der Waals surface area contributed by atoms with Gasteiger partial charge in [0.2, 0.25) is 0 Å². The number of para-hydroxylation sites is 1. The lowest BCUT2D eigenvalue weighted by Crippen LogP contribution is -2.33. The first-order chi connectivity index (χ1) is 18.9. The molecule has 39 heavy (non-hydrogen) atoms. The van der Waals surface area contributed by atoms with Crippen molar-refractivity contribution in [3.63, 3.8) is 0 Å². The summed E-state index contributed by atoms with van der Waals surface area (Å²) in [7, 11) is 0. The monoisotopic (exact) mass is 581 g/mol. The zero-order valence-corrected chi connectivity index (χ0v) is 25.2. The summed E-state index contributed by atoms with van der Waals surface area (Å²) in [6.07, 6.45) is 10.3. The van der Waals surface area contributed by atoms with Crippen molar-refractivity contribution in [3.05, 3.63) is 70.2 Å². The molecule has 0 saturated carbocycles.